The Morgan fingerprint density at radius 2 is 1.72 bits per heavy atom. The van der Waals surface area contributed by atoms with E-state index in [1.807, 2.05) is 36.4 Å². The van der Waals surface area contributed by atoms with Crippen LogP contribution in [0.3, 0.4) is 0 Å². The Bertz CT molecular complexity index is 725. The molecule has 0 unspecified atom stereocenters. The first-order chi connectivity index (χ1) is 8.77. The van der Waals surface area contributed by atoms with Gasteiger partial charge in [0.1, 0.15) is 5.58 Å². The normalized spacial score (nSPS) is 10.7. The van der Waals surface area contributed by atoms with Gasteiger partial charge in [0.15, 0.2) is 0 Å². The molecule has 3 heteroatoms. The number of carboxylic acids is 1. The zero-order valence-corrected chi connectivity index (χ0v) is 9.46. The predicted molar refractivity (Wildman–Crippen MR) is 68.6 cm³/mol. The molecular formula is C15H10O3. The van der Waals surface area contributed by atoms with Crippen molar-refractivity contribution in [3.8, 4) is 11.1 Å². The minimum Gasteiger partial charge on any atom is -0.478 e. The molecule has 3 rings (SSSR count). The number of hydrogen-bond donors (Lipinski definition) is 1. The Kier molecular flexibility index (Phi) is 2.38. The van der Waals surface area contributed by atoms with Crippen LogP contribution in [0.1, 0.15) is 10.4 Å². The van der Waals surface area contributed by atoms with Gasteiger partial charge in [-0.15, -0.1) is 0 Å². The van der Waals surface area contributed by atoms with Crippen LogP contribution >= 0.6 is 0 Å². The topological polar surface area (TPSA) is 50.4 Å². The van der Waals surface area contributed by atoms with Crippen LogP contribution in [0.4, 0.5) is 0 Å². The van der Waals surface area contributed by atoms with Crippen LogP contribution in [0.2, 0.25) is 0 Å². The molecule has 2 aromatic carbocycles. The first-order valence-electron chi connectivity index (χ1n) is 5.56. The van der Waals surface area contributed by atoms with Gasteiger partial charge in [0.05, 0.1) is 11.8 Å². The van der Waals surface area contributed by atoms with Crippen LogP contribution in [-0.2, 0) is 0 Å². The molecule has 88 valence electrons. The van der Waals surface area contributed by atoms with E-state index >= 15 is 0 Å². The Labute approximate surface area is 103 Å². The molecule has 18 heavy (non-hydrogen) atoms. The molecule has 0 atom stereocenters. The van der Waals surface area contributed by atoms with E-state index in [2.05, 4.69) is 0 Å². The van der Waals surface area contributed by atoms with E-state index in [1.54, 1.807) is 18.4 Å². The molecule has 0 amide bonds. The van der Waals surface area contributed by atoms with Crippen molar-refractivity contribution >= 4 is 16.9 Å². The summed E-state index contributed by atoms with van der Waals surface area (Å²) in [6.45, 7) is 0. The lowest BCUT2D eigenvalue weighted by Gasteiger charge is -2.06. The lowest BCUT2D eigenvalue weighted by molar-refractivity contribution is 0.0698. The highest BCUT2D eigenvalue weighted by Crippen LogP contribution is 2.31. The third-order valence-corrected chi connectivity index (χ3v) is 2.94. The van der Waals surface area contributed by atoms with Crippen LogP contribution in [0.15, 0.2) is 59.2 Å². The van der Waals surface area contributed by atoms with Gasteiger partial charge in [0.2, 0.25) is 0 Å². The SMILES string of the molecule is O=C(O)c1ccccc1-c1cccc2occc12. The Balaban J connectivity index is 2.33. The van der Waals surface area contributed by atoms with E-state index in [1.165, 1.54) is 0 Å². The predicted octanol–water partition coefficient (Wildman–Crippen LogP) is 3.80. The van der Waals surface area contributed by atoms with E-state index in [9.17, 15) is 9.90 Å². The molecule has 1 heterocycles. The van der Waals surface area contributed by atoms with Crippen molar-refractivity contribution in [1.29, 1.82) is 0 Å². The quantitative estimate of drug-likeness (QED) is 0.738. The second-order valence-corrected chi connectivity index (χ2v) is 3.99. The number of fused-ring (bicyclic) bond motifs is 1. The Morgan fingerprint density at radius 3 is 2.56 bits per heavy atom. The van der Waals surface area contributed by atoms with Gasteiger partial charge in [-0.05, 0) is 29.3 Å². The van der Waals surface area contributed by atoms with Crippen LogP contribution in [-0.4, -0.2) is 11.1 Å². The molecule has 0 radical (unpaired) electrons. The van der Waals surface area contributed by atoms with Gasteiger partial charge in [-0.2, -0.15) is 0 Å². The molecule has 0 saturated heterocycles. The highest BCUT2D eigenvalue weighted by Gasteiger charge is 2.13. The Hall–Kier alpha value is -2.55. The van der Waals surface area contributed by atoms with E-state index < -0.39 is 5.97 Å². The van der Waals surface area contributed by atoms with Crippen molar-refractivity contribution in [2.45, 2.75) is 0 Å². The number of aromatic carboxylic acids is 1. The standard InChI is InChI=1S/C15H10O3/c16-15(17)13-5-2-1-4-11(13)10-6-3-7-14-12(10)8-9-18-14/h1-9H,(H,16,17). The first kappa shape index (κ1) is 10.6. The maximum Gasteiger partial charge on any atom is 0.336 e. The van der Waals surface area contributed by atoms with Crippen molar-refractivity contribution in [3.63, 3.8) is 0 Å². The minimum atomic E-state index is -0.925. The number of benzene rings is 2. The van der Waals surface area contributed by atoms with Crippen molar-refractivity contribution in [2.24, 2.45) is 0 Å². The van der Waals surface area contributed by atoms with E-state index in [4.69, 9.17) is 4.42 Å². The van der Waals surface area contributed by atoms with Crippen molar-refractivity contribution in [1.82, 2.24) is 0 Å². The first-order valence-corrected chi connectivity index (χ1v) is 5.56. The lowest BCUT2D eigenvalue weighted by Crippen LogP contribution is -1.98. The van der Waals surface area contributed by atoms with Crippen molar-refractivity contribution < 1.29 is 14.3 Å². The zero-order chi connectivity index (χ0) is 12.5. The summed E-state index contributed by atoms with van der Waals surface area (Å²) in [6, 6.07) is 14.5. The Morgan fingerprint density at radius 1 is 0.944 bits per heavy atom. The number of furan rings is 1. The smallest absolute Gasteiger partial charge is 0.336 e. The van der Waals surface area contributed by atoms with Crippen molar-refractivity contribution in [3.05, 3.63) is 60.4 Å². The number of hydrogen-bond acceptors (Lipinski definition) is 2. The fraction of sp³-hybridized carbons (Fsp3) is 0. The van der Waals surface area contributed by atoms with Gasteiger partial charge >= 0.3 is 5.97 Å². The van der Waals surface area contributed by atoms with Crippen LogP contribution in [0, 0.1) is 0 Å². The molecule has 0 spiro atoms. The summed E-state index contributed by atoms with van der Waals surface area (Å²) in [7, 11) is 0. The van der Waals surface area contributed by atoms with Gasteiger partial charge in [-0.25, -0.2) is 4.79 Å². The molecule has 1 aromatic heterocycles. The third-order valence-electron chi connectivity index (χ3n) is 2.94. The summed E-state index contributed by atoms with van der Waals surface area (Å²) in [4.78, 5) is 11.2. The molecule has 3 nitrogen and oxygen atoms in total. The summed E-state index contributed by atoms with van der Waals surface area (Å²) in [6.07, 6.45) is 1.61. The number of carboxylic acid groups (broad SMARTS) is 1. The average molecular weight is 238 g/mol. The summed E-state index contributed by atoms with van der Waals surface area (Å²) in [5, 5.41) is 10.1. The summed E-state index contributed by atoms with van der Waals surface area (Å²) < 4.78 is 5.33. The molecule has 3 aromatic rings. The molecule has 0 aliphatic carbocycles. The number of rotatable bonds is 2. The average Bonchev–Trinajstić information content (AvgIpc) is 2.86. The molecule has 0 aliphatic heterocycles. The minimum absolute atomic E-state index is 0.297. The van der Waals surface area contributed by atoms with E-state index in [0.717, 1.165) is 16.5 Å². The van der Waals surface area contributed by atoms with Gasteiger partial charge in [-0.1, -0.05) is 30.3 Å². The van der Waals surface area contributed by atoms with Crippen LogP contribution in [0.25, 0.3) is 22.1 Å². The second-order valence-electron chi connectivity index (χ2n) is 3.99. The summed E-state index contributed by atoms with van der Waals surface area (Å²) >= 11 is 0. The van der Waals surface area contributed by atoms with Gasteiger partial charge in [0, 0.05) is 5.39 Å². The molecule has 1 N–H and O–H groups in total. The molecule has 0 aliphatic rings. The summed E-state index contributed by atoms with van der Waals surface area (Å²) in [5.41, 5.74) is 2.63. The molecule has 0 fully saturated rings. The highest BCUT2D eigenvalue weighted by molar-refractivity contribution is 6.02. The van der Waals surface area contributed by atoms with E-state index in [0.29, 0.717) is 11.1 Å². The van der Waals surface area contributed by atoms with Gasteiger partial charge in [-0.3, -0.25) is 0 Å². The third kappa shape index (κ3) is 1.57. The van der Waals surface area contributed by atoms with Gasteiger partial charge < -0.3 is 9.52 Å². The lowest BCUT2D eigenvalue weighted by atomic mass is 9.97. The van der Waals surface area contributed by atoms with Crippen LogP contribution in [0.5, 0.6) is 0 Å². The maximum atomic E-state index is 11.2. The summed E-state index contributed by atoms with van der Waals surface area (Å²) in [5.74, 6) is -0.925. The largest absolute Gasteiger partial charge is 0.478 e. The van der Waals surface area contributed by atoms with Crippen LogP contribution < -0.4 is 0 Å². The monoisotopic (exact) mass is 238 g/mol. The maximum absolute atomic E-state index is 11.2. The molecular weight excluding hydrogens is 228 g/mol. The molecule has 0 bridgehead atoms. The fourth-order valence-electron chi connectivity index (χ4n) is 2.13. The number of carbonyl (C=O) groups is 1. The second kappa shape index (κ2) is 4.04. The van der Waals surface area contributed by atoms with Gasteiger partial charge in [0.25, 0.3) is 0 Å². The fourth-order valence-corrected chi connectivity index (χ4v) is 2.13. The molecule has 0 saturated carbocycles. The van der Waals surface area contributed by atoms with Crippen molar-refractivity contribution in [2.75, 3.05) is 0 Å². The van der Waals surface area contributed by atoms with E-state index in [-0.39, 0.29) is 0 Å². The zero-order valence-electron chi connectivity index (χ0n) is 9.46. The highest BCUT2D eigenvalue weighted by atomic mass is 16.4.